The molecule has 1 heterocycles. The topological polar surface area (TPSA) is 41.8 Å². The zero-order valence-corrected chi connectivity index (χ0v) is 7.59. The number of anilines is 1. The van der Waals surface area contributed by atoms with E-state index in [0.29, 0.717) is 0 Å². The van der Waals surface area contributed by atoms with Crippen molar-refractivity contribution in [2.24, 2.45) is 0 Å². The van der Waals surface area contributed by atoms with E-state index >= 15 is 0 Å². The third-order valence-corrected chi connectivity index (χ3v) is 1.62. The molecule has 0 aliphatic heterocycles. The van der Waals surface area contributed by atoms with Crippen molar-refractivity contribution in [1.29, 1.82) is 0 Å². The average Bonchev–Trinajstić information content (AvgIpc) is 2.34. The normalized spacial score (nSPS) is 9.45. The van der Waals surface area contributed by atoms with Crippen molar-refractivity contribution >= 4 is 33.6 Å². The zero-order chi connectivity index (χ0) is 6.97. The molecule has 11 heavy (non-hydrogen) atoms. The summed E-state index contributed by atoms with van der Waals surface area (Å²) in [7, 11) is 0. The number of rotatable bonds is 0. The number of hydrogen-bond donors (Lipinski definition) is 2. The van der Waals surface area contributed by atoms with Crippen LogP contribution in [0.25, 0.3) is 10.9 Å². The van der Waals surface area contributed by atoms with Gasteiger partial charge < -0.3 is 10.7 Å². The van der Waals surface area contributed by atoms with Gasteiger partial charge >= 0.3 is 0 Å². The lowest BCUT2D eigenvalue weighted by molar-refractivity contribution is 1.48. The summed E-state index contributed by atoms with van der Waals surface area (Å²) in [5.74, 6) is 0. The maximum Gasteiger partial charge on any atom is 0.0571 e. The highest BCUT2D eigenvalue weighted by molar-refractivity contribution is 8.93. The third kappa shape index (κ3) is 1.24. The second-order valence-corrected chi connectivity index (χ2v) is 2.29. The fourth-order valence-electron chi connectivity index (χ4n) is 1.09. The summed E-state index contributed by atoms with van der Waals surface area (Å²) in [5, 5.41) is 1.10. The number of para-hydroxylation sites is 1. The van der Waals surface area contributed by atoms with E-state index in [1.165, 1.54) is 0 Å². The van der Waals surface area contributed by atoms with Crippen LogP contribution in [0.5, 0.6) is 0 Å². The van der Waals surface area contributed by atoms with Gasteiger partial charge in [-0.3, -0.25) is 0 Å². The number of nitrogens with two attached hydrogens (primary N) is 1. The van der Waals surface area contributed by atoms with Gasteiger partial charge in [0.25, 0.3) is 0 Å². The summed E-state index contributed by atoms with van der Waals surface area (Å²) in [6, 6.07) is 7.97. The highest BCUT2D eigenvalue weighted by atomic mass is 79.9. The number of aromatic amines is 1. The first-order valence-electron chi connectivity index (χ1n) is 3.19. The van der Waals surface area contributed by atoms with E-state index in [0.717, 1.165) is 16.6 Å². The van der Waals surface area contributed by atoms with Crippen molar-refractivity contribution < 1.29 is 0 Å². The van der Waals surface area contributed by atoms with Gasteiger partial charge in [-0.25, -0.2) is 0 Å². The predicted octanol–water partition coefficient (Wildman–Crippen LogP) is 2.33. The smallest absolute Gasteiger partial charge is 0.0571 e. The van der Waals surface area contributed by atoms with Crippen LogP contribution in [0.15, 0.2) is 30.5 Å². The van der Waals surface area contributed by atoms with Gasteiger partial charge in [0.2, 0.25) is 0 Å². The Balaban J connectivity index is 0.000000605. The molecule has 3 heteroatoms. The van der Waals surface area contributed by atoms with Crippen molar-refractivity contribution in [3.8, 4) is 0 Å². The second-order valence-electron chi connectivity index (χ2n) is 2.29. The molecule has 1 aromatic heterocycles. The number of fused-ring (bicyclic) bond motifs is 1. The first-order valence-corrected chi connectivity index (χ1v) is 3.19. The molecule has 58 valence electrons. The first kappa shape index (κ1) is 8.14. The highest BCUT2D eigenvalue weighted by Crippen LogP contribution is 2.18. The Labute approximate surface area is 75.2 Å². The van der Waals surface area contributed by atoms with Crippen LogP contribution in [0.2, 0.25) is 0 Å². The van der Waals surface area contributed by atoms with Crippen LogP contribution < -0.4 is 5.73 Å². The minimum Gasteiger partial charge on any atom is -0.397 e. The minimum absolute atomic E-state index is 0. The Bertz CT molecular complexity index is 354. The molecule has 0 spiro atoms. The lowest BCUT2D eigenvalue weighted by Gasteiger charge is -1.87. The molecule has 0 bridgehead atoms. The van der Waals surface area contributed by atoms with Crippen LogP contribution in [0, 0.1) is 0 Å². The van der Waals surface area contributed by atoms with E-state index in [1.54, 1.807) is 0 Å². The van der Waals surface area contributed by atoms with Gasteiger partial charge in [-0.2, -0.15) is 0 Å². The molecule has 2 rings (SSSR count). The van der Waals surface area contributed by atoms with Crippen molar-refractivity contribution in [3.63, 3.8) is 0 Å². The molecule has 0 saturated heterocycles. The fourth-order valence-corrected chi connectivity index (χ4v) is 1.09. The molecule has 0 atom stereocenters. The van der Waals surface area contributed by atoms with Crippen LogP contribution in [0.4, 0.5) is 5.69 Å². The Morgan fingerprint density at radius 2 is 1.91 bits per heavy atom. The van der Waals surface area contributed by atoms with Crippen molar-refractivity contribution in [2.75, 3.05) is 5.73 Å². The molecule has 0 radical (unpaired) electrons. The highest BCUT2D eigenvalue weighted by Gasteiger charge is 1.95. The fraction of sp³-hybridized carbons (Fsp3) is 0. The zero-order valence-electron chi connectivity index (χ0n) is 5.87. The van der Waals surface area contributed by atoms with E-state index in [1.807, 2.05) is 30.5 Å². The summed E-state index contributed by atoms with van der Waals surface area (Å²) >= 11 is 0. The van der Waals surface area contributed by atoms with E-state index in [4.69, 9.17) is 5.73 Å². The van der Waals surface area contributed by atoms with Gasteiger partial charge in [0.15, 0.2) is 0 Å². The number of nitrogens with one attached hydrogen (secondary N) is 1. The molecule has 0 fully saturated rings. The predicted molar refractivity (Wildman–Crippen MR) is 53.0 cm³/mol. The molecular formula is C8H9BrN2. The standard InChI is InChI=1S/C8H8N2.BrH/c9-7-5-10-8-4-2-1-3-6(7)8;/h1-5,10H,9H2;1H. The average molecular weight is 213 g/mol. The van der Waals surface area contributed by atoms with Crippen LogP contribution in [-0.4, -0.2) is 4.98 Å². The molecule has 0 aliphatic rings. The summed E-state index contributed by atoms with van der Waals surface area (Å²) in [5.41, 5.74) is 7.56. The third-order valence-electron chi connectivity index (χ3n) is 1.62. The molecular weight excluding hydrogens is 204 g/mol. The van der Waals surface area contributed by atoms with Gasteiger partial charge in [0.05, 0.1) is 5.69 Å². The summed E-state index contributed by atoms with van der Waals surface area (Å²) < 4.78 is 0. The molecule has 0 saturated carbocycles. The van der Waals surface area contributed by atoms with Crippen molar-refractivity contribution in [2.45, 2.75) is 0 Å². The van der Waals surface area contributed by atoms with Crippen molar-refractivity contribution in [1.82, 2.24) is 4.98 Å². The lowest BCUT2D eigenvalue weighted by atomic mass is 10.2. The molecule has 2 nitrogen and oxygen atoms in total. The van der Waals surface area contributed by atoms with E-state index < -0.39 is 0 Å². The minimum atomic E-state index is 0. The Morgan fingerprint density at radius 3 is 2.64 bits per heavy atom. The van der Waals surface area contributed by atoms with Gasteiger partial charge in [-0.05, 0) is 6.07 Å². The Morgan fingerprint density at radius 1 is 1.18 bits per heavy atom. The van der Waals surface area contributed by atoms with Gasteiger partial charge in [0, 0.05) is 17.1 Å². The van der Waals surface area contributed by atoms with Crippen molar-refractivity contribution in [3.05, 3.63) is 30.5 Å². The molecule has 0 aliphatic carbocycles. The maximum absolute atomic E-state index is 5.64. The number of halogens is 1. The number of H-pyrrole nitrogens is 1. The summed E-state index contributed by atoms with van der Waals surface area (Å²) in [6.07, 6.45) is 1.81. The van der Waals surface area contributed by atoms with Gasteiger partial charge in [0.1, 0.15) is 0 Å². The molecule has 3 N–H and O–H groups in total. The van der Waals surface area contributed by atoms with Crippen LogP contribution in [-0.2, 0) is 0 Å². The van der Waals surface area contributed by atoms with E-state index in [9.17, 15) is 0 Å². The SMILES string of the molecule is Br.Nc1c[nH]c2ccccc12. The van der Waals surface area contributed by atoms with Gasteiger partial charge in [-0.1, -0.05) is 18.2 Å². The largest absolute Gasteiger partial charge is 0.397 e. The van der Waals surface area contributed by atoms with Crippen LogP contribution in [0.1, 0.15) is 0 Å². The first-order chi connectivity index (χ1) is 4.88. The maximum atomic E-state index is 5.64. The molecule has 2 aromatic rings. The summed E-state index contributed by atoms with van der Waals surface area (Å²) in [4.78, 5) is 3.06. The quantitative estimate of drug-likeness (QED) is 0.692. The van der Waals surface area contributed by atoms with E-state index in [-0.39, 0.29) is 17.0 Å². The van der Waals surface area contributed by atoms with Gasteiger partial charge in [-0.15, -0.1) is 17.0 Å². The number of aromatic nitrogens is 1. The number of nitrogen functional groups attached to an aromatic ring is 1. The molecule has 0 amide bonds. The molecule has 1 aromatic carbocycles. The Kier molecular flexibility index (Phi) is 2.19. The number of hydrogen-bond acceptors (Lipinski definition) is 1. The Hall–Kier alpha value is -0.960. The molecule has 0 unspecified atom stereocenters. The number of benzene rings is 1. The lowest BCUT2D eigenvalue weighted by Crippen LogP contribution is -1.78. The summed E-state index contributed by atoms with van der Waals surface area (Å²) in [6.45, 7) is 0. The van der Waals surface area contributed by atoms with E-state index in [2.05, 4.69) is 4.98 Å². The second kappa shape index (κ2) is 2.96. The van der Waals surface area contributed by atoms with Crippen LogP contribution >= 0.6 is 17.0 Å². The van der Waals surface area contributed by atoms with Crippen LogP contribution in [0.3, 0.4) is 0 Å². The monoisotopic (exact) mass is 212 g/mol.